The Balaban J connectivity index is 3.26. The van der Waals surface area contributed by atoms with Crippen molar-refractivity contribution < 1.29 is 13.2 Å². The SMILES string of the molecule is CCS(=O)(=O)CCNCCCOC. The summed E-state index contributed by atoms with van der Waals surface area (Å²) >= 11 is 0. The summed E-state index contributed by atoms with van der Waals surface area (Å²) in [5, 5.41) is 3.05. The smallest absolute Gasteiger partial charge is 0.151 e. The van der Waals surface area contributed by atoms with E-state index < -0.39 is 9.84 Å². The number of rotatable bonds is 8. The lowest BCUT2D eigenvalue weighted by atomic mass is 10.4. The second kappa shape index (κ2) is 7.29. The first kappa shape index (κ1) is 12.9. The van der Waals surface area contributed by atoms with Crippen LogP contribution in [0.2, 0.25) is 0 Å². The van der Waals surface area contributed by atoms with Crippen LogP contribution in [0.25, 0.3) is 0 Å². The van der Waals surface area contributed by atoms with Crippen LogP contribution in [0.4, 0.5) is 0 Å². The zero-order valence-electron chi connectivity index (χ0n) is 8.38. The minimum absolute atomic E-state index is 0.229. The van der Waals surface area contributed by atoms with Crippen molar-refractivity contribution in [3.63, 3.8) is 0 Å². The van der Waals surface area contributed by atoms with Gasteiger partial charge in [-0.25, -0.2) is 8.42 Å². The number of ether oxygens (including phenoxy) is 1. The fraction of sp³-hybridized carbons (Fsp3) is 1.00. The summed E-state index contributed by atoms with van der Waals surface area (Å²) in [7, 11) is -1.15. The zero-order chi connectivity index (χ0) is 10.2. The maximum atomic E-state index is 11.0. The van der Waals surface area contributed by atoms with E-state index in [1.54, 1.807) is 14.0 Å². The van der Waals surface area contributed by atoms with E-state index in [-0.39, 0.29) is 11.5 Å². The Labute approximate surface area is 80.6 Å². The van der Waals surface area contributed by atoms with Crippen molar-refractivity contribution in [3.8, 4) is 0 Å². The summed E-state index contributed by atoms with van der Waals surface area (Å²) in [6.07, 6.45) is 0.919. The molecule has 0 unspecified atom stereocenters. The van der Waals surface area contributed by atoms with Crippen LogP contribution in [0.3, 0.4) is 0 Å². The van der Waals surface area contributed by atoms with Crippen molar-refractivity contribution in [1.29, 1.82) is 0 Å². The monoisotopic (exact) mass is 209 g/mol. The van der Waals surface area contributed by atoms with E-state index in [1.165, 1.54) is 0 Å². The predicted octanol–water partition coefficient (Wildman–Crippen LogP) is 0.0472. The van der Waals surface area contributed by atoms with E-state index in [0.29, 0.717) is 13.2 Å². The van der Waals surface area contributed by atoms with E-state index in [4.69, 9.17) is 4.74 Å². The van der Waals surface area contributed by atoms with Crippen molar-refractivity contribution in [2.45, 2.75) is 13.3 Å². The highest BCUT2D eigenvalue weighted by Crippen LogP contribution is 1.87. The van der Waals surface area contributed by atoms with Gasteiger partial charge in [-0.3, -0.25) is 0 Å². The molecule has 0 radical (unpaired) electrons. The van der Waals surface area contributed by atoms with Gasteiger partial charge in [-0.05, 0) is 13.0 Å². The van der Waals surface area contributed by atoms with Crippen LogP contribution in [-0.4, -0.2) is 46.7 Å². The summed E-state index contributed by atoms with van der Waals surface area (Å²) in [5.74, 6) is 0.462. The van der Waals surface area contributed by atoms with Gasteiger partial charge >= 0.3 is 0 Å². The number of hydrogen-bond acceptors (Lipinski definition) is 4. The Morgan fingerprint density at radius 1 is 1.31 bits per heavy atom. The standard InChI is InChI=1S/C8H19NO3S/c1-3-13(10,11)8-6-9-5-4-7-12-2/h9H,3-8H2,1-2H3. The molecule has 0 rings (SSSR count). The lowest BCUT2D eigenvalue weighted by Crippen LogP contribution is -2.25. The van der Waals surface area contributed by atoms with Crippen LogP contribution in [0, 0.1) is 0 Å². The van der Waals surface area contributed by atoms with Gasteiger partial charge in [-0.1, -0.05) is 6.92 Å². The van der Waals surface area contributed by atoms with Gasteiger partial charge in [-0.15, -0.1) is 0 Å². The fourth-order valence-electron chi connectivity index (χ4n) is 0.839. The molecule has 0 heterocycles. The molecule has 5 heteroatoms. The normalized spacial score (nSPS) is 11.8. The molecular weight excluding hydrogens is 190 g/mol. The molecule has 0 aliphatic carbocycles. The van der Waals surface area contributed by atoms with Crippen molar-refractivity contribution >= 4 is 9.84 Å². The quantitative estimate of drug-likeness (QED) is 0.574. The van der Waals surface area contributed by atoms with E-state index in [0.717, 1.165) is 13.0 Å². The van der Waals surface area contributed by atoms with Crippen LogP contribution in [0.1, 0.15) is 13.3 Å². The summed E-state index contributed by atoms with van der Waals surface area (Å²) in [5.41, 5.74) is 0. The fourth-order valence-corrected chi connectivity index (χ4v) is 1.58. The Kier molecular flexibility index (Phi) is 7.22. The van der Waals surface area contributed by atoms with Crippen molar-refractivity contribution in [2.24, 2.45) is 0 Å². The van der Waals surface area contributed by atoms with E-state index in [1.807, 2.05) is 0 Å². The van der Waals surface area contributed by atoms with Crippen LogP contribution in [-0.2, 0) is 14.6 Å². The first-order valence-electron chi connectivity index (χ1n) is 4.52. The third-order valence-electron chi connectivity index (χ3n) is 1.73. The number of sulfone groups is 1. The molecular formula is C8H19NO3S. The van der Waals surface area contributed by atoms with Gasteiger partial charge in [0, 0.05) is 26.0 Å². The molecule has 80 valence electrons. The van der Waals surface area contributed by atoms with Gasteiger partial charge < -0.3 is 10.1 Å². The average molecular weight is 209 g/mol. The second-order valence-electron chi connectivity index (χ2n) is 2.83. The molecule has 0 atom stereocenters. The minimum atomic E-state index is -2.81. The Hall–Kier alpha value is -0.130. The topological polar surface area (TPSA) is 55.4 Å². The molecule has 0 spiro atoms. The molecule has 0 aromatic carbocycles. The van der Waals surface area contributed by atoms with Gasteiger partial charge in [0.1, 0.15) is 0 Å². The van der Waals surface area contributed by atoms with Gasteiger partial charge in [0.05, 0.1) is 5.75 Å². The van der Waals surface area contributed by atoms with Crippen LogP contribution >= 0.6 is 0 Å². The van der Waals surface area contributed by atoms with E-state index in [2.05, 4.69) is 5.32 Å². The van der Waals surface area contributed by atoms with Gasteiger partial charge in [0.15, 0.2) is 9.84 Å². The van der Waals surface area contributed by atoms with Crippen molar-refractivity contribution in [2.75, 3.05) is 38.3 Å². The van der Waals surface area contributed by atoms with Crippen molar-refractivity contribution in [1.82, 2.24) is 5.32 Å². The minimum Gasteiger partial charge on any atom is -0.385 e. The zero-order valence-corrected chi connectivity index (χ0v) is 9.19. The predicted molar refractivity (Wildman–Crippen MR) is 53.7 cm³/mol. The summed E-state index contributed by atoms with van der Waals surface area (Å²) in [4.78, 5) is 0. The highest BCUT2D eigenvalue weighted by atomic mass is 32.2. The third kappa shape index (κ3) is 8.21. The van der Waals surface area contributed by atoms with Crippen molar-refractivity contribution in [3.05, 3.63) is 0 Å². The molecule has 1 N–H and O–H groups in total. The molecule has 4 nitrogen and oxygen atoms in total. The highest BCUT2D eigenvalue weighted by Gasteiger charge is 2.05. The van der Waals surface area contributed by atoms with Gasteiger partial charge in [-0.2, -0.15) is 0 Å². The average Bonchev–Trinajstić information content (AvgIpc) is 2.11. The number of nitrogens with one attached hydrogen (secondary N) is 1. The summed E-state index contributed by atoms with van der Waals surface area (Å²) in [6.45, 7) is 3.74. The van der Waals surface area contributed by atoms with Gasteiger partial charge in [0.2, 0.25) is 0 Å². The lowest BCUT2D eigenvalue weighted by Gasteiger charge is -2.03. The molecule has 13 heavy (non-hydrogen) atoms. The van der Waals surface area contributed by atoms with Crippen LogP contribution < -0.4 is 5.32 Å². The lowest BCUT2D eigenvalue weighted by molar-refractivity contribution is 0.194. The Bertz CT molecular complexity index is 201. The molecule has 0 aromatic heterocycles. The van der Waals surface area contributed by atoms with E-state index >= 15 is 0 Å². The number of hydrogen-bond donors (Lipinski definition) is 1. The highest BCUT2D eigenvalue weighted by molar-refractivity contribution is 7.91. The van der Waals surface area contributed by atoms with Gasteiger partial charge in [0.25, 0.3) is 0 Å². The summed E-state index contributed by atoms with van der Waals surface area (Å²) < 4.78 is 26.9. The second-order valence-corrected chi connectivity index (χ2v) is 5.31. The molecule has 0 fully saturated rings. The van der Waals surface area contributed by atoms with Crippen LogP contribution in [0.5, 0.6) is 0 Å². The number of methoxy groups -OCH3 is 1. The summed E-state index contributed by atoms with van der Waals surface area (Å²) in [6, 6.07) is 0. The molecule has 0 amide bonds. The third-order valence-corrected chi connectivity index (χ3v) is 3.44. The molecule has 0 saturated carbocycles. The largest absolute Gasteiger partial charge is 0.385 e. The maximum Gasteiger partial charge on any atom is 0.151 e. The first-order valence-corrected chi connectivity index (χ1v) is 6.34. The molecule has 0 aliphatic rings. The maximum absolute atomic E-state index is 11.0. The Morgan fingerprint density at radius 3 is 2.54 bits per heavy atom. The molecule has 0 aliphatic heterocycles. The Morgan fingerprint density at radius 2 is 2.00 bits per heavy atom. The van der Waals surface area contributed by atoms with Crippen LogP contribution in [0.15, 0.2) is 0 Å². The first-order chi connectivity index (χ1) is 6.12. The molecule has 0 bridgehead atoms. The molecule has 0 aromatic rings. The molecule has 0 saturated heterocycles. The van der Waals surface area contributed by atoms with E-state index in [9.17, 15) is 8.42 Å².